The van der Waals surface area contributed by atoms with Crippen LogP contribution in [0.1, 0.15) is 19.3 Å². The van der Waals surface area contributed by atoms with Gasteiger partial charge in [-0.2, -0.15) is 10.4 Å². The minimum atomic E-state index is -2.36. The summed E-state index contributed by atoms with van der Waals surface area (Å²) in [7, 11) is -0.722. The van der Waals surface area contributed by atoms with Crippen molar-refractivity contribution in [3.8, 4) is 17.3 Å². The van der Waals surface area contributed by atoms with E-state index in [2.05, 4.69) is 30.5 Å². The summed E-state index contributed by atoms with van der Waals surface area (Å²) in [6.45, 7) is 1.02. The maximum atomic E-state index is 13.2. The molecule has 1 atom stereocenters. The lowest BCUT2D eigenvalue weighted by molar-refractivity contribution is 0.0747. The van der Waals surface area contributed by atoms with Crippen molar-refractivity contribution in [1.82, 2.24) is 29.0 Å². The van der Waals surface area contributed by atoms with E-state index in [1.54, 1.807) is 13.2 Å². The molecule has 9 nitrogen and oxygen atoms in total. The molecule has 3 aromatic heterocycles. The zero-order chi connectivity index (χ0) is 19.4. The lowest BCUT2D eigenvalue weighted by Crippen LogP contribution is -2.64. The first-order valence-corrected chi connectivity index (χ1v) is 10.7. The fourth-order valence-electron chi connectivity index (χ4n) is 3.94. The van der Waals surface area contributed by atoms with Gasteiger partial charge in [0, 0.05) is 43.5 Å². The Balaban J connectivity index is 1.48. The van der Waals surface area contributed by atoms with Crippen molar-refractivity contribution in [2.75, 3.05) is 20.1 Å². The van der Waals surface area contributed by atoms with Gasteiger partial charge in [0.1, 0.15) is 27.4 Å². The maximum absolute atomic E-state index is 13.2. The van der Waals surface area contributed by atoms with Crippen molar-refractivity contribution >= 4 is 20.9 Å². The van der Waals surface area contributed by atoms with Crippen LogP contribution in [-0.2, 0) is 15.5 Å². The number of H-pyrrole nitrogens is 1. The number of nitriles is 1. The summed E-state index contributed by atoms with van der Waals surface area (Å²) in [6.07, 6.45) is 9.27. The van der Waals surface area contributed by atoms with Crippen molar-refractivity contribution in [3.63, 3.8) is 0 Å². The molecule has 5 rings (SSSR count). The molecule has 2 fully saturated rings. The topological polar surface area (TPSA) is 116 Å². The molecular weight excluding hydrogens is 376 g/mol. The largest absolute Gasteiger partial charge is 0.346 e. The first-order valence-electron chi connectivity index (χ1n) is 9.19. The molecule has 1 N–H and O–H groups in total. The van der Waals surface area contributed by atoms with Crippen LogP contribution >= 0.6 is 0 Å². The number of fused-ring (bicyclic) bond motifs is 1. The summed E-state index contributed by atoms with van der Waals surface area (Å²) in [6, 6.07) is 4.21. The highest BCUT2D eigenvalue weighted by molar-refractivity contribution is 7.92. The zero-order valence-corrected chi connectivity index (χ0v) is 16.3. The number of aromatic amines is 1. The van der Waals surface area contributed by atoms with Gasteiger partial charge in [-0.25, -0.2) is 22.8 Å². The molecule has 0 spiro atoms. The highest BCUT2D eigenvalue weighted by Gasteiger charge is 2.52. The average Bonchev–Trinajstić information content (AvgIpc) is 3.23. The Morgan fingerprint density at radius 2 is 2.25 bits per heavy atom. The highest BCUT2D eigenvalue weighted by Crippen LogP contribution is 2.41. The van der Waals surface area contributed by atoms with Gasteiger partial charge in [0.15, 0.2) is 0 Å². The van der Waals surface area contributed by atoms with Gasteiger partial charge in [-0.05, 0) is 18.9 Å². The Labute approximate surface area is 162 Å². The predicted molar refractivity (Wildman–Crippen MR) is 104 cm³/mol. The van der Waals surface area contributed by atoms with E-state index in [-0.39, 0.29) is 5.25 Å². The smallest absolute Gasteiger partial charge is 0.141 e. The molecule has 1 unspecified atom stereocenters. The molecule has 4 heterocycles. The summed E-state index contributed by atoms with van der Waals surface area (Å²) >= 11 is 0. The molecule has 3 aromatic rings. The zero-order valence-electron chi connectivity index (χ0n) is 15.4. The Bertz CT molecular complexity index is 1200. The second kappa shape index (κ2) is 6.12. The van der Waals surface area contributed by atoms with Gasteiger partial charge in [-0.15, -0.1) is 0 Å². The molecule has 2 aliphatic rings. The van der Waals surface area contributed by atoms with Crippen LogP contribution in [0.15, 0.2) is 35.3 Å². The number of aromatic nitrogens is 5. The first kappa shape index (κ1) is 17.3. The number of hydrogen-bond acceptors (Lipinski definition) is 6. The number of rotatable bonds is 5. The van der Waals surface area contributed by atoms with Crippen LogP contribution in [0, 0.1) is 11.3 Å². The Hall–Kier alpha value is -2.77. The van der Waals surface area contributed by atoms with Crippen LogP contribution in [0.4, 0.5) is 0 Å². The van der Waals surface area contributed by atoms with Gasteiger partial charge in [0.2, 0.25) is 0 Å². The molecule has 144 valence electrons. The van der Waals surface area contributed by atoms with Gasteiger partial charge in [0.05, 0.1) is 29.6 Å². The molecule has 1 aliphatic heterocycles. The Morgan fingerprint density at radius 3 is 2.96 bits per heavy atom. The fraction of sp³-hybridized carbons (Fsp3) is 0.444. The van der Waals surface area contributed by atoms with Crippen LogP contribution < -0.4 is 0 Å². The summed E-state index contributed by atoms with van der Waals surface area (Å²) in [5.74, 6) is 0. The van der Waals surface area contributed by atoms with E-state index in [0.717, 1.165) is 35.1 Å². The quantitative estimate of drug-likeness (QED) is 0.707. The molecule has 0 amide bonds. The molecule has 0 bridgehead atoms. The van der Waals surface area contributed by atoms with Crippen LogP contribution in [0.25, 0.3) is 22.3 Å². The average molecular weight is 396 g/mol. The van der Waals surface area contributed by atoms with Crippen LogP contribution in [0.2, 0.25) is 0 Å². The summed E-state index contributed by atoms with van der Waals surface area (Å²) in [5.41, 5.74) is 1.95. The van der Waals surface area contributed by atoms with E-state index in [1.807, 2.05) is 27.4 Å². The molecule has 1 saturated heterocycles. The SMILES string of the molecule is CN=S(=O)(C1CC1)N1CC(CC#N)(n2cc(-c3ncnc4[nH]ccc34)cn2)C1. The summed E-state index contributed by atoms with van der Waals surface area (Å²) < 4.78 is 21.2. The van der Waals surface area contributed by atoms with E-state index >= 15 is 0 Å². The lowest BCUT2D eigenvalue weighted by atomic mass is 9.89. The standard InChI is InChI=1S/C18H20N8OS/c1-20-28(27,14-2-3-14)25-10-18(11-25,5-6-19)26-9-13(8-24-26)16-15-4-7-21-17(15)23-12-22-16/h4,7-9,12,14H,2-3,5,10-11H2,1H3,(H,21,22,23). The minimum absolute atomic E-state index is 0.161. The third-order valence-electron chi connectivity index (χ3n) is 5.64. The number of nitrogens with zero attached hydrogens (tertiary/aromatic N) is 7. The third-order valence-corrected chi connectivity index (χ3v) is 8.50. The summed E-state index contributed by atoms with van der Waals surface area (Å²) in [5, 5.41) is 15.0. The van der Waals surface area contributed by atoms with Gasteiger partial charge >= 0.3 is 0 Å². The second-order valence-electron chi connectivity index (χ2n) is 7.41. The minimum Gasteiger partial charge on any atom is -0.346 e. The molecule has 1 saturated carbocycles. The number of hydrogen-bond donors (Lipinski definition) is 1. The fourth-order valence-corrected chi connectivity index (χ4v) is 6.49. The van der Waals surface area contributed by atoms with Gasteiger partial charge in [0.25, 0.3) is 0 Å². The van der Waals surface area contributed by atoms with Crippen LogP contribution in [0.5, 0.6) is 0 Å². The van der Waals surface area contributed by atoms with Gasteiger partial charge < -0.3 is 4.98 Å². The molecule has 28 heavy (non-hydrogen) atoms. The lowest BCUT2D eigenvalue weighted by Gasteiger charge is -2.49. The van der Waals surface area contributed by atoms with Crippen LogP contribution in [0.3, 0.4) is 0 Å². The van der Waals surface area contributed by atoms with E-state index in [9.17, 15) is 9.47 Å². The van der Waals surface area contributed by atoms with Gasteiger partial charge in [-0.3, -0.25) is 4.68 Å². The van der Waals surface area contributed by atoms with E-state index in [4.69, 9.17) is 0 Å². The molecule has 0 radical (unpaired) electrons. The van der Waals surface area contributed by atoms with Crippen molar-refractivity contribution in [3.05, 3.63) is 31.0 Å². The third kappa shape index (κ3) is 2.47. The maximum Gasteiger partial charge on any atom is 0.141 e. The van der Waals surface area contributed by atoms with Gasteiger partial charge in [-0.1, -0.05) is 0 Å². The molecule has 1 aliphatic carbocycles. The van der Waals surface area contributed by atoms with E-state index in [1.165, 1.54) is 6.33 Å². The predicted octanol–water partition coefficient (Wildman–Crippen LogP) is 1.92. The normalized spacial score (nSPS) is 21.0. The monoisotopic (exact) mass is 396 g/mol. The van der Waals surface area contributed by atoms with Crippen molar-refractivity contribution in [2.24, 2.45) is 4.36 Å². The first-order chi connectivity index (χ1) is 13.6. The Morgan fingerprint density at radius 1 is 1.43 bits per heavy atom. The highest BCUT2D eigenvalue weighted by atomic mass is 32.2. The van der Waals surface area contributed by atoms with E-state index < -0.39 is 15.5 Å². The molecular formula is C18H20N8OS. The van der Waals surface area contributed by atoms with Crippen molar-refractivity contribution in [1.29, 1.82) is 5.26 Å². The van der Waals surface area contributed by atoms with E-state index in [0.29, 0.717) is 19.5 Å². The second-order valence-corrected chi connectivity index (χ2v) is 10.0. The molecule has 10 heteroatoms. The molecule has 0 aromatic carbocycles. The summed E-state index contributed by atoms with van der Waals surface area (Å²) in [4.78, 5) is 11.7. The van der Waals surface area contributed by atoms with Crippen LogP contribution in [-0.4, -0.2) is 58.6 Å². The number of nitrogens with one attached hydrogen (secondary N) is 1. The Kier molecular flexibility index (Phi) is 3.79. The van der Waals surface area contributed by atoms with Crippen molar-refractivity contribution in [2.45, 2.75) is 30.1 Å². The van der Waals surface area contributed by atoms with Crippen molar-refractivity contribution < 1.29 is 4.21 Å².